The number of hydrogen-bond donors (Lipinski definition) is 0. The quantitative estimate of drug-likeness (QED) is 0.163. The Kier molecular flexibility index (Phi) is 11.7. The van der Waals surface area contributed by atoms with E-state index in [9.17, 15) is 0 Å². The lowest BCUT2D eigenvalue weighted by atomic mass is 10.1. The second-order valence-corrected chi connectivity index (χ2v) is 42.4. The largest absolute Gasteiger partial charge is 0.268 e. The van der Waals surface area contributed by atoms with Crippen LogP contribution >= 0.6 is 0 Å². The van der Waals surface area contributed by atoms with Gasteiger partial charge in [-0.1, -0.05) is 171 Å². The third-order valence-electron chi connectivity index (χ3n) is 7.29. The first kappa shape index (κ1) is 34.3. The first-order valence-electron chi connectivity index (χ1n) is 15.6. The smallest absolute Gasteiger partial charge is 0.117 e. The lowest BCUT2D eigenvalue weighted by Gasteiger charge is -2.27. The van der Waals surface area contributed by atoms with Crippen LogP contribution in [0.4, 0.5) is 0 Å². The molecule has 0 amide bonds. The summed E-state index contributed by atoms with van der Waals surface area (Å²) < 4.78 is 4.74. The Morgan fingerprint density at radius 3 is 0.850 bits per heavy atom. The molecule has 40 heavy (non-hydrogen) atoms. The molecule has 0 N–H and O–H groups in total. The summed E-state index contributed by atoms with van der Waals surface area (Å²) in [6.07, 6.45) is 10.4. The Morgan fingerprint density at radius 2 is 0.650 bits per heavy atom. The standard InChI is InChI=1S/2C14H25Si2.C6H6.2Al/c2*1-15(2,3)11-13-8-7-9-14(10-13)12-16(4,5)6;1-2-4-6-5-3-1;;/h2*7-9H,11-12H2,1-6H3;1-6H;;. The van der Waals surface area contributed by atoms with Crippen LogP contribution < -0.4 is 8.85 Å². The Bertz CT molecular complexity index is 1030. The highest BCUT2D eigenvalue weighted by Crippen LogP contribution is 2.25. The number of allylic oxidation sites excluding steroid dienone is 4. The minimum atomic E-state index is -1.18. The van der Waals surface area contributed by atoms with Gasteiger partial charge in [0.15, 0.2) is 0 Å². The van der Waals surface area contributed by atoms with E-state index in [-0.39, 0.29) is 30.4 Å². The molecule has 0 atom stereocenters. The van der Waals surface area contributed by atoms with Crippen LogP contribution in [0.3, 0.4) is 0 Å². The highest BCUT2D eigenvalue weighted by Gasteiger charge is 2.26. The van der Waals surface area contributed by atoms with Crippen molar-refractivity contribution in [1.82, 2.24) is 0 Å². The van der Waals surface area contributed by atoms with E-state index in [1.165, 1.54) is 24.2 Å². The van der Waals surface area contributed by atoms with Crippen LogP contribution in [0.15, 0.2) is 60.7 Å². The zero-order chi connectivity index (χ0) is 29.9. The first-order chi connectivity index (χ1) is 18.3. The van der Waals surface area contributed by atoms with Gasteiger partial charge < -0.3 is 0 Å². The number of benzene rings is 2. The second kappa shape index (κ2) is 13.7. The maximum atomic E-state index is 2.61. The lowest BCUT2D eigenvalue weighted by Crippen LogP contribution is -2.37. The van der Waals surface area contributed by atoms with E-state index in [2.05, 4.69) is 139 Å². The summed E-state index contributed by atoms with van der Waals surface area (Å²) >= 11 is 0.435. The van der Waals surface area contributed by atoms with Gasteiger partial charge in [-0.25, -0.2) is 0 Å². The van der Waals surface area contributed by atoms with Gasteiger partial charge in [0.05, 0.1) is 0 Å². The van der Waals surface area contributed by atoms with Gasteiger partial charge in [-0.15, -0.1) is 8.85 Å². The summed E-state index contributed by atoms with van der Waals surface area (Å²) in [6, 6.07) is 19.8. The Labute approximate surface area is 265 Å². The maximum absolute atomic E-state index is 2.61. The normalized spacial score (nSPS) is 18.2. The highest BCUT2D eigenvalue weighted by molar-refractivity contribution is 6.77. The van der Waals surface area contributed by atoms with Gasteiger partial charge in [0.25, 0.3) is 30.4 Å². The molecule has 0 unspecified atom stereocenters. The summed E-state index contributed by atoms with van der Waals surface area (Å²) in [4.78, 5) is 0. The molecule has 0 heterocycles. The van der Waals surface area contributed by atoms with Crippen LogP contribution in [0, 0.1) is 0 Å². The van der Waals surface area contributed by atoms with Crippen molar-refractivity contribution in [1.29, 1.82) is 0 Å². The van der Waals surface area contributed by atoms with Crippen molar-refractivity contribution in [2.75, 3.05) is 0 Å². The first-order valence-corrected chi connectivity index (χ1v) is 32.9. The molecule has 0 nitrogen and oxygen atoms in total. The summed E-state index contributed by atoms with van der Waals surface area (Å²) in [5, 5.41) is 0. The molecule has 0 fully saturated rings. The van der Waals surface area contributed by atoms with Crippen molar-refractivity contribution in [2.45, 2.75) is 112 Å². The summed E-state index contributed by atoms with van der Waals surface area (Å²) in [6.45, 7) is 30.4. The van der Waals surface area contributed by atoms with Gasteiger partial charge >= 0.3 is 0 Å². The van der Waals surface area contributed by atoms with Crippen molar-refractivity contribution in [3.63, 3.8) is 0 Å². The van der Waals surface area contributed by atoms with Crippen LogP contribution in [-0.2, 0) is 24.2 Å². The van der Waals surface area contributed by atoms with Gasteiger partial charge in [-0.2, -0.15) is 0 Å². The molecule has 0 aliphatic heterocycles. The van der Waals surface area contributed by atoms with Crippen molar-refractivity contribution in [3.8, 4) is 0 Å². The zero-order valence-electron chi connectivity index (χ0n) is 27.9. The van der Waals surface area contributed by atoms with Gasteiger partial charge in [0, 0.05) is 32.3 Å². The maximum Gasteiger partial charge on any atom is 0.268 e. The van der Waals surface area contributed by atoms with Crippen LogP contribution in [-0.4, -0.2) is 62.7 Å². The molecule has 2 aromatic rings. The van der Waals surface area contributed by atoms with Crippen LogP contribution in [0.2, 0.25) is 88.1 Å². The van der Waals surface area contributed by atoms with E-state index >= 15 is 0 Å². The van der Waals surface area contributed by atoms with Crippen LogP contribution in [0.25, 0.3) is 0 Å². The molecule has 0 saturated heterocycles. The number of hydrogen-bond acceptors (Lipinski definition) is 0. The number of rotatable bonds is 12. The fourth-order valence-corrected chi connectivity index (χ4v) is 15.9. The lowest BCUT2D eigenvalue weighted by molar-refractivity contribution is 1.19. The molecule has 3 rings (SSSR count). The van der Waals surface area contributed by atoms with Gasteiger partial charge in [0.1, 0.15) is 0 Å². The van der Waals surface area contributed by atoms with Crippen molar-refractivity contribution in [2.24, 2.45) is 0 Å². The van der Waals surface area contributed by atoms with Crippen molar-refractivity contribution < 1.29 is 0 Å². The zero-order valence-corrected chi connectivity index (χ0v) is 34.2. The molecule has 0 aromatic heterocycles. The van der Waals surface area contributed by atoms with Gasteiger partial charge in [-0.3, -0.25) is 0 Å². The Morgan fingerprint density at radius 1 is 0.425 bits per heavy atom. The summed E-state index contributed by atoms with van der Waals surface area (Å²) in [7, 11) is -4.72. The molecule has 1 aliphatic rings. The van der Waals surface area contributed by atoms with E-state index in [1.807, 2.05) is 0 Å². The highest BCUT2D eigenvalue weighted by atomic mass is 28.3. The minimum absolute atomic E-state index is 0.218. The molecular weight excluding hydrogens is 575 g/mol. The van der Waals surface area contributed by atoms with Gasteiger partial charge in [0.2, 0.25) is 0 Å². The Hall–Kier alpha value is -0.148. The van der Waals surface area contributed by atoms with Crippen LogP contribution in [0.5, 0.6) is 0 Å². The molecule has 0 spiro atoms. The van der Waals surface area contributed by atoms with E-state index in [0.717, 1.165) is 0 Å². The molecule has 6 heteroatoms. The molecular formula is C34H56Al2Si4. The molecule has 2 radical (unpaired) electrons. The second-order valence-electron chi connectivity index (χ2n) is 17.2. The third-order valence-corrected chi connectivity index (χ3v) is 16.9. The summed E-state index contributed by atoms with van der Waals surface area (Å²) in [5.41, 5.74) is 6.71. The van der Waals surface area contributed by atoms with Crippen molar-refractivity contribution in [3.05, 3.63) is 83.0 Å². The van der Waals surface area contributed by atoms with Gasteiger partial charge in [-0.05, 0) is 24.2 Å². The average molecular weight is 631 g/mol. The van der Waals surface area contributed by atoms with E-state index in [1.54, 1.807) is 31.1 Å². The molecule has 0 bridgehead atoms. The fourth-order valence-electron chi connectivity index (χ4n) is 5.91. The molecule has 0 saturated carbocycles. The van der Waals surface area contributed by atoms with E-state index in [0.29, 0.717) is 9.56 Å². The SMILES string of the molecule is C[Si](C)(C)Cc1cccc(C[Si](C)(C)C)[c]1[Al][CH]1C=C[CH]([Al][c]2c(C[Si](C)(C)C)cccc2C[Si](C)(C)C)C=C1. The topological polar surface area (TPSA) is 0 Å². The fraction of sp³-hybridized carbons (Fsp3) is 0.529. The van der Waals surface area contributed by atoms with Crippen LogP contribution in [0.1, 0.15) is 22.3 Å². The molecule has 2 aromatic carbocycles. The monoisotopic (exact) mass is 630 g/mol. The van der Waals surface area contributed by atoms with E-state index in [4.69, 9.17) is 0 Å². The molecule has 214 valence electrons. The average Bonchev–Trinajstić information content (AvgIpc) is 2.75. The summed E-state index contributed by atoms with van der Waals surface area (Å²) in [5.74, 6) is 0. The Balaban J connectivity index is 1.86. The minimum Gasteiger partial charge on any atom is -0.117 e. The predicted molar refractivity (Wildman–Crippen MR) is 198 cm³/mol. The third kappa shape index (κ3) is 11.9. The predicted octanol–water partition coefficient (Wildman–Crippen LogP) is 8.43. The van der Waals surface area contributed by atoms with Crippen molar-refractivity contribution >= 4 is 71.6 Å². The van der Waals surface area contributed by atoms with E-state index < -0.39 is 32.3 Å². The molecule has 1 aliphatic carbocycles.